The summed E-state index contributed by atoms with van der Waals surface area (Å²) >= 11 is 2.07. The van der Waals surface area contributed by atoms with Crippen LogP contribution in [0.3, 0.4) is 0 Å². The molecule has 2 fully saturated rings. The molecule has 2 aliphatic rings. The fourth-order valence-electron chi connectivity index (χ4n) is 3.55. The van der Waals surface area contributed by atoms with E-state index in [0.29, 0.717) is 12.5 Å². The maximum absolute atomic E-state index is 13.6. The molecular formula is C18H25FN2OS. The predicted octanol–water partition coefficient (Wildman–Crippen LogP) is 3.16. The maximum atomic E-state index is 13.6. The van der Waals surface area contributed by atoms with Crippen LogP contribution in [0.25, 0.3) is 0 Å². The molecule has 3 rings (SSSR count). The number of piperidine rings is 1. The van der Waals surface area contributed by atoms with E-state index >= 15 is 0 Å². The number of benzene rings is 1. The minimum absolute atomic E-state index is 0.143. The molecule has 0 radical (unpaired) electrons. The van der Waals surface area contributed by atoms with Gasteiger partial charge in [-0.2, -0.15) is 11.8 Å². The largest absolute Gasteiger partial charge is 0.352 e. The third kappa shape index (κ3) is 4.48. The van der Waals surface area contributed by atoms with Crippen molar-refractivity contribution in [3.8, 4) is 0 Å². The summed E-state index contributed by atoms with van der Waals surface area (Å²) in [5.74, 6) is 2.36. The van der Waals surface area contributed by atoms with Gasteiger partial charge in [0.25, 0.3) is 5.91 Å². The molecule has 5 heteroatoms. The van der Waals surface area contributed by atoms with Crippen LogP contribution in [0.1, 0.15) is 36.0 Å². The van der Waals surface area contributed by atoms with Crippen molar-refractivity contribution in [1.82, 2.24) is 10.2 Å². The monoisotopic (exact) mass is 336 g/mol. The van der Waals surface area contributed by atoms with Crippen molar-refractivity contribution >= 4 is 17.7 Å². The van der Waals surface area contributed by atoms with E-state index in [-0.39, 0.29) is 11.5 Å². The highest BCUT2D eigenvalue weighted by molar-refractivity contribution is 7.99. The second-order valence-electron chi connectivity index (χ2n) is 6.51. The first-order valence-electron chi connectivity index (χ1n) is 8.58. The maximum Gasteiger partial charge on any atom is 0.254 e. The van der Waals surface area contributed by atoms with E-state index in [2.05, 4.69) is 22.0 Å². The molecule has 2 heterocycles. The fraction of sp³-hybridized carbons (Fsp3) is 0.611. The third-order valence-electron chi connectivity index (χ3n) is 5.03. The fourth-order valence-corrected chi connectivity index (χ4v) is 4.63. The van der Waals surface area contributed by atoms with Gasteiger partial charge in [0, 0.05) is 12.6 Å². The van der Waals surface area contributed by atoms with Gasteiger partial charge in [0.15, 0.2) is 0 Å². The van der Waals surface area contributed by atoms with Gasteiger partial charge >= 0.3 is 0 Å². The number of halogens is 1. The smallest absolute Gasteiger partial charge is 0.254 e. The first kappa shape index (κ1) is 16.8. The molecule has 1 aromatic rings. The number of nitrogens with zero attached hydrogens (tertiary/aromatic N) is 1. The van der Waals surface area contributed by atoms with E-state index in [1.54, 1.807) is 12.1 Å². The van der Waals surface area contributed by atoms with Gasteiger partial charge in [0.2, 0.25) is 0 Å². The summed E-state index contributed by atoms with van der Waals surface area (Å²) in [6.07, 6.45) is 4.89. The van der Waals surface area contributed by atoms with E-state index in [4.69, 9.17) is 0 Å². The highest BCUT2D eigenvalue weighted by atomic mass is 32.2. The lowest BCUT2D eigenvalue weighted by molar-refractivity contribution is 0.0916. The predicted molar refractivity (Wildman–Crippen MR) is 93.4 cm³/mol. The van der Waals surface area contributed by atoms with Gasteiger partial charge in [-0.3, -0.25) is 4.79 Å². The molecule has 0 unspecified atom stereocenters. The number of carbonyl (C=O) groups excluding carboxylic acids is 1. The van der Waals surface area contributed by atoms with Crippen LogP contribution in [-0.4, -0.2) is 48.0 Å². The Labute approximate surface area is 142 Å². The summed E-state index contributed by atoms with van der Waals surface area (Å²) < 4.78 is 13.6. The van der Waals surface area contributed by atoms with Gasteiger partial charge < -0.3 is 10.2 Å². The van der Waals surface area contributed by atoms with Gasteiger partial charge in [0.05, 0.1) is 5.56 Å². The van der Waals surface area contributed by atoms with Crippen LogP contribution in [0.15, 0.2) is 24.3 Å². The van der Waals surface area contributed by atoms with Gasteiger partial charge in [-0.1, -0.05) is 12.1 Å². The highest BCUT2D eigenvalue weighted by Gasteiger charge is 2.26. The van der Waals surface area contributed by atoms with Crippen LogP contribution in [0.4, 0.5) is 4.39 Å². The Hall–Kier alpha value is -1.07. The molecule has 0 aromatic heterocycles. The summed E-state index contributed by atoms with van der Waals surface area (Å²) in [5.41, 5.74) is 0.143. The average molecular weight is 336 g/mol. The van der Waals surface area contributed by atoms with Crippen molar-refractivity contribution in [3.05, 3.63) is 35.6 Å². The Balaban J connectivity index is 1.42. The molecule has 1 N–H and O–H groups in total. The number of nitrogens with one attached hydrogen (secondary N) is 1. The Bertz CT molecular complexity index is 526. The summed E-state index contributed by atoms with van der Waals surface area (Å²) in [6.45, 7) is 2.92. The highest BCUT2D eigenvalue weighted by Crippen LogP contribution is 2.26. The SMILES string of the molecule is O=C(NCC1CCN(C2CCSCC2)CC1)c1ccccc1F. The molecule has 2 saturated heterocycles. The zero-order valence-corrected chi connectivity index (χ0v) is 14.3. The van der Waals surface area contributed by atoms with Crippen molar-refractivity contribution in [2.24, 2.45) is 5.92 Å². The topological polar surface area (TPSA) is 32.3 Å². The number of rotatable bonds is 4. The lowest BCUT2D eigenvalue weighted by atomic mass is 9.94. The molecule has 0 spiro atoms. The van der Waals surface area contributed by atoms with Gasteiger partial charge in [0.1, 0.15) is 5.82 Å². The van der Waals surface area contributed by atoms with Crippen molar-refractivity contribution in [2.75, 3.05) is 31.1 Å². The molecule has 0 atom stereocenters. The number of thioether (sulfide) groups is 1. The summed E-state index contributed by atoms with van der Waals surface area (Å²) in [6, 6.07) is 6.93. The minimum Gasteiger partial charge on any atom is -0.352 e. The molecule has 2 aliphatic heterocycles. The van der Waals surface area contributed by atoms with Crippen LogP contribution >= 0.6 is 11.8 Å². The summed E-state index contributed by atoms with van der Waals surface area (Å²) in [4.78, 5) is 14.7. The molecule has 0 bridgehead atoms. The zero-order chi connectivity index (χ0) is 16.1. The zero-order valence-electron chi connectivity index (χ0n) is 13.5. The molecule has 1 aromatic carbocycles. The van der Waals surface area contributed by atoms with Gasteiger partial charge in [-0.05, 0) is 68.3 Å². The molecule has 23 heavy (non-hydrogen) atoms. The number of amides is 1. The van der Waals surface area contributed by atoms with Crippen molar-refractivity contribution in [3.63, 3.8) is 0 Å². The lowest BCUT2D eigenvalue weighted by Crippen LogP contribution is -2.45. The van der Waals surface area contributed by atoms with Crippen LogP contribution in [0, 0.1) is 11.7 Å². The minimum atomic E-state index is -0.449. The van der Waals surface area contributed by atoms with E-state index in [9.17, 15) is 9.18 Å². The van der Waals surface area contributed by atoms with Crippen LogP contribution in [0.2, 0.25) is 0 Å². The van der Waals surface area contributed by atoms with Gasteiger partial charge in [-0.25, -0.2) is 4.39 Å². The summed E-state index contributed by atoms with van der Waals surface area (Å²) in [7, 11) is 0. The van der Waals surface area contributed by atoms with E-state index < -0.39 is 5.82 Å². The molecular weight excluding hydrogens is 311 g/mol. The Kier molecular flexibility index (Phi) is 5.95. The number of hydrogen-bond donors (Lipinski definition) is 1. The number of hydrogen-bond acceptors (Lipinski definition) is 3. The second-order valence-corrected chi connectivity index (χ2v) is 7.74. The normalized spacial score (nSPS) is 21.3. The third-order valence-corrected chi connectivity index (χ3v) is 6.07. The quantitative estimate of drug-likeness (QED) is 0.917. The molecule has 1 amide bonds. The first-order valence-corrected chi connectivity index (χ1v) is 9.74. The Morgan fingerprint density at radius 3 is 2.57 bits per heavy atom. The lowest BCUT2D eigenvalue weighted by Gasteiger charge is -2.39. The van der Waals surface area contributed by atoms with E-state index in [1.165, 1.54) is 36.5 Å². The Morgan fingerprint density at radius 1 is 1.17 bits per heavy atom. The average Bonchev–Trinajstić information content (AvgIpc) is 2.61. The van der Waals surface area contributed by atoms with Crippen molar-refractivity contribution < 1.29 is 9.18 Å². The standard InChI is InChI=1S/C18H25FN2OS/c19-17-4-2-1-3-16(17)18(22)20-13-14-5-9-21(10-6-14)15-7-11-23-12-8-15/h1-4,14-15H,5-13H2,(H,20,22). The molecule has 0 saturated carbocycles. The molecule has 126 valence electrons. The number of likely N-dealkylation sites (tertiary alicyclic amines) is 1. The Morgan fingerprint density at radius 2 is 1.87 bits per heavy atom. The first-order chi connectivity index (χ1) is 11.2. The molecule has 0 aliphatic carbocycles. The van der Waals surface area contributed by atoms with E-state index in [1.807, 2.05) is 0 Å². The van der Waals surface area contributed by atoms with Gasteiger partial charge in [-0.15, -0.1) is 0 Å². The van der Waals surface area contributed by atoms with Crippen LogP contribution < -0.4 is 5.32 Å². The van der Waals surface area contributed by atoms with Crippen molar-refractivity contribution in [2.45, 2.75) is 31.7 Å². The second kappa shape index (κ2) is 8.15. The molecule has 3 nitrogen and oxygen atoms in total. The van der Waals surface area contributed by atoms with Crippen LogP contribution in [-0.2, 0) is 0 Å². The summed E-state index contributed by atoms with van der Waals surface area (Å²) in [5, 5.41) is 2.90. The van der Waals surface area contributed by atoms with Crippen molar-refractivity contribution in [1.29, 1.82) is 0 Å². The number of carbonyl (C=O) groups is 1. The van der Waals surface area contributed by atoms with Crippen LogP contribution in [0.5, 0.6) is 0 Å². The van der Waals surface area contributed by atoms with E-state index in [0.717, 1.165) is 32.0 Å².